The van der Waals surface area contributed by atoms with Gasteiger partial charge in [0.15, 0.2) is 0 Å². The number of hydrogen-bond acceptors (Lipinski definition) is 5. The summed E-state index contributed by atoms with van der Waals surface area (Å²) in [4.78, 5) is 25.2. The van der Waals surface area contributed by atoms with E-state index in [0.717, 1.165) is 45.1 Å². The first-order valence-electron chi connectivity index (χ1n) is 9.47. The fourth-order valence-corrected chi connectivity index (χ4v) is 5.27. The number of aromatic nitrogens is 2. The van der Waals surface area contributed by atoms with Gasteiger partial charge in [-0.3, -0.25) is 4.79 Å². The van der Waals surface area contributed by atoms with Crippen molar-refractivity contribution >= 4 is 17.2 Å². The average Bonchev–Trinajstić information content (AvgIpc) is 3.34. The van der Waals surface area contributed by atoms with Crippen LogP contribution in [-0.4, -0.2) is 40.0 Å². The maximum absolute atomic E-state index is 13.5. The summed E-state index contributed by atoms with van der Waals surface area (Å²) in [6.45, 7) is 3.33. The molecule has 138 valence electrons. The van der Waals surface area contributed by atoms with Crippen LogP contribution in [0.3, 0.4) is 0 Å². The van der Waals surface area contributed by atoms with Gasteiger partial charge in [0.25, 0.3) is 0 Å². The van der Waals surface area contributed by atoms with Gasteiger partial charge in [-0.1, -0.05) is 18.9 Å². The second-order valence-electron chi connectivity index (χ2n) is 7.34. The Morgan fingerprint density at radius 2 is 2.15 bits per heavy atom. The van der Waals surface area contributed by atoms with Gasteiger partial charge in [0.05, 0.1) is 12.0 Å². The molecule has 2 fully saturated rings. The SMILES string of the molecule is Cc1nccc(OC2CCCN(C(=O)C3(c4cccs4)CCCC3)C2)n1. The molecule has 0 radical (unpaired) electrons. The van der Waals surface area contributed by atoms with Crippen molar-refractivity contribution in [2.24, 2.45) is 0 Å². The van der Waals surface area contributed by atoms with E-state index in [-0.39, 0.29) is 11.5 Å². The first-order valence-corrected chi connectivity index (χ1v) is 10.3. The Bertz CT molecular complexity index is 756. The van der Waals surface area contributed by atoms with E-state index in [4.69, 9.17) is 4.74 Å². The molecular formula is C20H25N3O2S. The zero-order valence-electron chi connectivity index (χ0n) is 15.2. The van der Waals surface area contributed by atoms with Crippen LogP contribution in [0.2, 0.25) is 0 Å². The monoisotopic (exact) mass is 371 g/mol. The fraction of sp³-hybridized carbons (Fsp3) is 0.550. The highest BCUT2D eigenvalue weighted by Gasteiger charge is 2.46. The summed E-state index contributed by atoms with van der Waals surface area (Å²) in [5, 5.41) is 2.09. The maximum Gasteiger partial charge on any atom is 0.234 e. The number of thiophene rings is 1. The lowest BCUT2D eigenvalue weighted by Crippen LogP contribution is -2.51. The van der Waals surface area contributed by atoms with Crippen molar-refractivity contribution in [1.29, 1.82) is 0 Å². The van der Waals surface area contributed by atoms with E-state index in [1.54, 1.807) is 23.6 Å². The van der Waals surface area contributed by atoms with Crippen LogP contribution in [-0.2, 0) is 10.2 Å². The molecule has 2 aliphatic rings. The maximum atomic E-state index is 13.5. The van der Waals surface area contributed by atoms with E-state index >= 15 is 0 Å². The summed E-state index contributed by atoms with van der Waals surface area (Å²) in [6.07, 6.45) is 7.87. The van der Waals surface area contributed by atoms with Gasteiger partial charge >= 0.3 is 0 Å². The lowest BCUT2D eigenvalue weighted by molar-refractivity contribution is -0.140. The van der Waals surface area contributed by atoms with Gasteiger partial charge < -0.3 is 9.64 Å². The summed E-state index contributed by atoms with van der Waals surface area (Å²) in [7, 11) is 0. The molecule has 1 atom stereocenters. The highest BCUT2D eigenvalue weighted by molar-refractivity contribution is 7.10. The van der Waals surface area contributed by atoms with Crippen LogP contribution < -0.4 is 4.74 Å². The lowest BCUT2D eigenvalue weighted by Gasteiger charge is -2.38. The Morgan fingerprint density at radius 1 is 1.31 bits per heavy atom. The van der Waals surface area contributed by atoms with Crippen molar-refractivity contribution < 1.29 is 9.53 Å². The molecule has 5 nitrogen and oxygen atoms in total. The number of likely N-dealkylation sites (tertiary alicyclic amines) is 1. The number of carbonyl (C=O) groups excluding carboxylic acids is 1. The molecule has 0 bridgehead atoms. The number of aryl methyl sites for hydroxylation is 1. The second kappa shape index (κ2) is 7.35. The van der Waals surface area contributed by atoms with Crippen LogP contribution in [0.1, 0.15) is 49.2 Å². The van der Waals surface area contributed by atoms with E-state index in [0.29, 0.717) is 24.2 Å². The summed E-state index contributed by atoms with van der Waals surface area (Å²) >= 11 is 1.72. The Hall–Kier alpha value is -1.95. The number of hydrogen-bond donors (Lipinski definition) is 0. The summed E-state index contributed by atoms with van der Waals surface area (Å²) < 4.78 is 6.06. The predicted octanol–water partition coefficient (Wildman–Crippen LogP) is 3.73. The molecule has 2 aromatic heterocycles. The van der Waals surface area contributed by atoms with Gasteiger partial charge in [-0.2, -0.15) is 4.98 Å². The van der Waals surface area contributed by atoms with Gasteiger partial charge in [0.2, 0.25) is 11.8 Å². The lowest BCUT2D eigenvalue weighted by atomic mass is 9.82. The molecule has 3 heterocycles. The van der Waals surface area contributed by atoms with E-state index in [1.807, 2.05) is 11.8 Å². The minimum absolute atomic E-state index is 0.00351. The summed E-state index contributed by atoms with van der Waals surface area (Å²) in [5.41, 5.74) is -0.304. The Balaban J connectivity index is 1.49. The third-order valence-corrected chi connectivity index (χ3v) is 6.64. The number of piperidine rings is 1. The number of ether oxygens (including phenoxy) is 1. The van der Waals surface area contributed by atoms with Crippen molar-refractivity contribution in [3.05, 3.63) is 40.5 Å². The van der Waals surface area contributed by atoms with Crippen molar-refractivity contribution in [3.8, 4) is 5.88 Å². The topological polar surface area (TPSA) is 55.3 Å². The highest BCUT2D eigenvalue weighted by Crippen LogP contribution is 2.44. The van der Waals surface area contributed by atoms with Gasteiger partial charge in [-0.05, 0) is 44.1 Å². The molecule has 6 heteroatoms. The zero-order chi connectivity index (χ0) is 18.0. The van der Waals surface area contributed by atoms with Crippen molar-refractivity contribution in [2.75, 3.05) is 13.1 Å². The molecule has 1 saturated carbocycles. The Labute approximate surface area is 158 Å². The molecule has 26 heavy (non-hydrogen) atoms. The van der Waals surface area contributed by atoms with Gasteiger partial charge in [0, 0.05) is 23.7 Å². The van der Waals surface area contributed by atoms with Crippen molar-refractivity contribution in [2.45, 2.75) is 57.0 Å². The quantitative estimate of drug-likeness (QED) is 0.822. The second-order valence-corrected chi connectivity index (χ2v) is 8.29. The zero-order valence-corrected chi connectivity index (χ0v) is 16.0. The smallest absolute Gasteiger partial charge is 0.234 e. The van der Waals surface area contributed by atoms with E-state index in [2.05, 4.69) is 27.5 Å². The third-order valence-electron chi connectivity index (χ3n) is 5.56. The number of carbonyl (C=O) groups is 1. The predicted molar refractivity (Wildman–Crippen MR) is 101 cm³/mol. The molecule has 4 rings (SSSR count). The van der Waals surface area contributed by atoms with E-state index in [1.165, 1.54) is 4.88 Å². The van der Waals surface area contributed by atoms with E-state index in [9.17, 15) is 4.79 Å². The minimum atomic E-state index is -0.304. The molecule has 1 amide bonds. The molecule has 1 unspecified atom stereocenters. The first kappa shape index (κ1) is 17.5. The van der Waals surface area contributed by atoms with Crippen molar-refractivity contribution in [1.82, 2.24) is 14.9 Å². The number of rotatable bonds is 4. The van der Waals surface area contributed by atoms with Crippen LogP contribution in [0.4, 0.5) is 0 Å². The Morgan fingerprint density at radius 3 is 2.88 bits per heavy atom. The van der Waals surface area contributed by atoms with Crippen LogP contribution in [0.25, 0.3) is 0 Å². The van der Waals surface area contributed by atoms with Crippen LogP contribution in [0.5, 0.6) is 5.88 Å². The van der Waals surface area contributed by atoms with Crippen LogP contribution in [0.15, 0.2) is 29.8 Å². The first-order chi connectivity index (χ1) is 12.7. The molecule has 1 aliphatic carbocycles. The fourth-order valence-electron chi connectivity index (χ4n) is 4.29. The number of amides is 1. The molecule has 1 aliphatic heterocycles. The van der Waals surface area contributed by atoms with Gasteiger partial charge in [-0.25, -0.2) is 4.98 Å². The number of nitrogens with zero attached hydrogens (tertiary/aromatic N) is 3. The summed E-state index contributed by atoms with van der Waals surface area (Å²) in [6, 6.07) is 5.99. The normalized spacial score (nSPS) is 22.3. The van der Waals surface area contributed by atoms with Gasteiger partial charge in [-0.15, -0.1) is 11.3 Å². The molecular weight excluding hydrogens is 346 g/mol. The van der Waals surface area contributed by atoms with Crippen LogP contribution in [0, 0.1) is 6.92 Å². The van der Waals surface area contributed by atoms with E-state index < -0.39 is 0 Å². The molecule has 1 saturated heterocycles. The third kappa shape index (κ3) is 3.34. The Kier molecular flexibility index (Phi) is 4.94. The highest BCUT2D eigenvalue weighted by atomic mass is 32.1. The molecule has 2 aromatic rings. The standard InChI is InChI=1S/C20H25N3O2S/c1-15-21-11-8-18(22-15)25-16-6-4-12-23(14-16)19(24)20(9-2-3-10-20)17-7-5-13-26-17/h5,7-8,11,13,16H,2-4,6,9-10,12,14H2,1H3. The van der Waals surface area contributed by atoms with Crippen molar-refractivity contribution in [3.63, 3.8) is 0 Å². The van der Waals surface area contributed by atoms with Crippen LogP contribution >= 0.6 is 11.3 Å². The largest absolute Gasteiger partial charge is 0.472 e. The average molecular weight is 372 g/mol. The van der Waals surface area contributed by atoms with Gasteiger partial charge in [0.1, 0.15) is 11.9 Å². The summed E-state index contributed by atoms with van der Waals surface area (Å²) in [5.74, 6) is 1.60. The molecule has 0 N–H and O–H groups in total. The molecule has 0 aromatic carbocycles. The minimum Gasteiger partial charge on any atom is -0.472 e. The molecule has 0 spiro atoms.